The summed E-state index contributed by atoms with van der Waals surface area (Å²) in [6.07, 6.45) is 0. The third-order valence-electron chi connectivity index (χ3n) is 1.61. The molecule has 0 amide bonds. The average molecular weight is 184 g/mol. The van der Waals surface area contributed by atoms with Gasteiger partial charge in [0.15, 0.2) is 0 Å². The van der Waals surface area contributed by atoms with Gasteiger partial charge in [-0.1, -0.05) is 6.07 Å². The Labute approximate surface area is 74.6 Å². The number of halogens is 1. The van der Waals surface area contributed by atoms with Gasteiger partial charge in [-0.2, -0.15) is 0 Å². The monoisotopic (exact) mass is 184 g/mol. The number of benzene rings is 1. The maximum Gasteiger partial charge on any atom is 0.488 e. The fraction of sp³-hybridized carbons (Fsp3) is 0. The molecule has 0 aliphatic heterocycles. The zero-order chi connectivity index (χ0) is 10.0. The minimum Gasteiger partial charge on any atom is -0.423 e. The van der Waals surface area contributed by atoms with E-state index in [0.717, 1.165) is 18.2 Å². The lowest BCUT2D eigenvalue weighted by Crippen LogP contribution is -2.49. The molecule has 0 bridgehead atoms. The molecule has 0 heterocycles. The van der Waals surface area contributed by atoms with Crippen molar-refractivity contribution in [1.82, 2.24) is 0 Å². The lowest BCUT2D eigenvalue weighted by molar-refractivity contribution is 0.419. The quantitative estimate of drug-likeness (QED) is 0.373. The summed E-state index contributed by atoms with van der Waals surface area (Å²) in [5, 5.41) is 35.0. The second kappa shape index (κ2) is 3.89. The summed E-state index contributed by atoms with van der Waals surface area (Å²) in [6.45, 7) is 0. The van der Waals surface area contributed by atoms with E-state index in [1.165, 1.54) is 0 Å². The van der Waals surface area contributed by atoms with Crippen LogP contribution in [0.25, 0.3) is 0 Å². The van der Waals surface area contributed by atoms with Crippen LogP contribution >= 0.6 is 0 Å². The lowest BCUT2D eigenvalue weighted by atomic mass is 9.66. The first-order valence-corrected chi connectivity index (χ1v) is 3.54. The highest BCUT2D eigenvalue weighted by Crippen LogP contribution is 1.92. The first-order chi connectivity index (χ1) is 6.02. The van der Waals surface area contributed by atoms with Gasteiger partial charge in [-0.15, -0.1) is 0 Å². The Morgan fingerprint density at radius 2 is 1.46 bits per heavy atom. The smallest absolute Gasteiger partial charge is 0.423 e. The van der Waals surface area contributed by atoms with E-state index in [2.05, 4.69) is 0 Å². The number of hydrogen-bond donors (Lipinski definition) is 4. The third-order valence-corrected chi connectivity index (χ3v) is 1.61. The van der Waals surface area contributed by atoms with Crippen molar-refractivity contribution < 1.29 is 24.5 Å². The predicted octanol–water partition coefficient (Wildman–Crippen LogP) is -2.81. The predicted molar refractivity (Wildman–Crippen MR) is 46.1 cm³/mol. The van der Waals surface area contributed by atoms with Crippen LogP contribution in [0, 0.1) is 5.82 Å². The fourth-order valence-corrected chi connectivity index (χ4v) is 1.00. The van der Waals surface area contributed by atoms with Crippen molar-refractivity contribution in [3.05, 3.63) is 24.0 Å². The Bertz CT molecular complexity index is 305. The molecule has 0 spiro atoms. The van der Waals surface area contributed by atoms with E-state index >= 15 is 0 Å². The molecule has 0 atom stereocenters. The molecule has 4 nitrogen and oxygen atoms in total. The molecule has 0 saturated heterocycles. The van der Waals surface area contributed by atoms with Crippen LogP contribution in [-0.2, 0) is 0 Å². The molecule has 0 aromatic heterocycles. The molecule has 0 saturated carbocycles. The van der Waals surface area contributed by atoms with Crippen LogP contribution in [0.15, 0.2) is 18.2 Å². The molecule has 13 heavy (non-hydrogen) atoms. The van der Waals surface area contributed by atoms with E-state index in [9.17, 15) is 4.39 Å². The zero-order valence-electron chi connectivity index (χ0n) is 6.55. The Morgan fingerprint density at radius 3 is 1.92 bits per heavy atom. The van der Waals surface area contributed by atoms with Gasteiger partial charge in [-0.05, 0) is 23.1 Å². The van der Waals surface area contributed by atoms with Gasteiger partial charge in [0.25, 0.3) is 0 Å². The molecule has 1 rings (SSSR count). The van der Waals surface area contributed by atoms with Gasteiger partial charge < -0.3 is 20.1 Å². The van der Waals surface area contributed by atoms with Crippen molar-refractivity contribution in [2.24, 2.45) is 0 Å². The molecule has 0 radical (unpaired) electrons. The topological polar surface area (TPSA) is 80.9 Å². The molecule has 7 heteroatoms. The van der Waals surface area contributed by atoms with Crippen LogP contribution in [0.2, 0.25) is 0 Å². The van der Waals surface area contributed by atoms with Gasteiger partial charge in [-0.25, -0.2) is 4.39 Å². The highest BCUT2D eigenvalue weighted by Gasteiger charge is 2.23. The Morgan fingerprint density at radius 1 is 0.923 bits per heavy atom. The molecule has 68 valence electrons. The first kappa shape index (κ1) is 10.2. The van der Waals surface area contributed by atoms with Crippen LogP contribution in [-0.4, -0.2) is 34.3 Å². The minimum absolute atomic E-state index is 0.128. The SMILES string of the molecule is OB(O)c1ccc(F)cc1B(O)O. The van der Waals surface area contributed by atoms with Gasteiger partial charge in [-0.3, -0.25) is 0 Å². The number of hydrogen-bond acceptors (Lipinski definition) is 4. The summed E-state index contributed by atoms with van der Waals surface area (Å²) in [5.74, 6) is -0.674. The summed E-state index contributed by atoms with van der Waals surface area (Å²) in [7, 11) is -3.77. The van der Waals surface area contributed by atoms with E-state index in [1.54, 1.807) is 0 Å². The lowest BCUT2D eigenvalue weighted by Gasteiger charge is -2.07. The van der Waals surface area contributed by atoms with Gasteiger partial charge in [0.05, 0.1) is 0 Å². The summed E-state index contributed by atoms with van der Waals surface area (Å²) < 4.78 is 12.6. The summed E-state index contributed by atoms with van der Waals surface area (Å²) in [4.78, 5) is 0. The van der Waals surface area contributed by atoms with Crippen molar-refractivity contribution in [2.45, 2.75) is 0 Å². The molecular formula is C6H7B2FO4. The van der Waals surface area contributed by atoms with Crippen molar-refractivity contribution in [3.8, 4) is 0 Å². The number of rotatable bonds is 2. The van der Waals surface area contributed by atoms with E-state index < -0.39 is 20.1 Å². The Hall–Kier alpha value is -0.880. The standard InChI is InChI=1S/C6H7B2FO4/c9-4-1-2-5(7(10)11)6(3-4)8(12)13/h1-3,10-13H. The van der Waals surface area contributed by atoms with Crippen molar-refractivity contribution in [2.75, 3.05) is 0 Å². The van der Waals surface area contributed by atoms with E-state index in [-0.39, 0.29) is 10.9 Å². The molecule has 0 aliphatic carbocycles. The summed E-state index contributed by atoms with van der Waals surface area (Å²) >= 11 is 0. The van der Waals surface area contributed by atoms with Gasteiger partial charge >= 0.3 is 14.2 Å². The molecule has 0 fully saturated rings. The average Bonchev–Trinajstić information content (AvgIpc) is 2.03. The minimum atomic E-state index is -1.92. The van der Waals surface area contributed by atoms with E-state index in [4.69, 9.17) is 20.1 Å². The van der Waals surface area contributed by atoms with Crippen molar-refractivity contribution in [1.29, 1.82) is 0 Å². The molecule has 0 unspecified atom stereocenters. The first-order valence-electron chi connectivity index (χ1n) is 3.54. The van der Waals surface area contributed by atoms with Crippen LogP contribution in [0.3, 0.4) is 0 Å². The molecule has 4 N–H and O–H groups in total. The van der Waals surface area contributed by atoms with E-state index in [0.29, 0.717) is 0 Å². The van der Waals surface area contributed by atoms with Crippen LogP contribution in [0.1, 0.15) is 0 Å². The van der Waals surface area contributed by atoms with Gasteiger partial charge in [0.1, 0.15) is 5.82 Å². The normalized spacial score (nSPS) is 9.92. The summed E-state index contributed by atoms with van der Waals surface area (Å²) in [5.41, 5.74) is -0.383. The highest BCUT2D eigenvalue weighted by molar-refractivity contribution is 6.71. The van der Waals surface area contributed by atoms with Crippen LogP contribution in [0.4, 0.5) is 4.39 Å². The molecule has 1 aromatic carbocycles. The molecular weight excluding hydrogens is 177 g/mol. The van der Waals surface area contributed by atoms with E-state index in [1.807, 2.05) is 0 Å². The van der Waals surface area contributed by atoms with Crippen molar-refractivity contribution in [3.63, 3.8) is 0 Å². The zero-order valence-corrected chi connectivity index (χ0v) is 6.55. The molecule has 0 aliphatic rings. The fourth-order valence-electron chi connectivity index (χ4n) is 1.00. The summed E-state index contributed by atoms with van der Waals surface area (Å²) in [6, 6.07) is 2.91. The van der Waals surface area contributed by atoms with Crippen molar-refractivity contribution >= 4 is 25.2 Å². The largest absolute Gasteiger partial charge is 0.488 e. The van der Waals surface area contributed by atoms with Crippen LogP contribution < -0.4 is 10.9 Å². The maximum absolute atomic E-state index is 12.6. The van der Waals surface area contributed by atoms with Crippen LogP contribution in [0.5, 0.6) is 0 Å². The Balaban J connectivity index is 3.19. The Kier molecular flexibility index (Phi) is 3.05. The van der Waals surface area contributed by atoms with Gasteiger partial charge in [0.2, 0.25) is 0 Å². The third kappa shape index (κ3) is 2.28. The second-order valence-corrected chi connectivity index (χ2v) is 2.52. The van der Waals surface area contributed by atoms with Gasteiger partial charge in [0, 0.05) is 0 Å². The maximum atomic E-state index is 12.6. The highest BCUT2D eigenvalue weighted by atomic mass is 19.1. The molecule has 1 aromatic rings. The second-order valence-electron chi connectivity index (χ2n) is 2.52.